The molecule has 0 amide bonds. The van der Waals surface area contributed by atoms with Gasteiger partial charge in [0, 0.05) is 15.8 Å². The Morgan fingerprint density at radius 1 is 1.75 bits per heavy atom. The van der Waals surface area contributed by atoms with Crippen LogP contribution in [-0.4, -0.2) is 22.3 Å². The van der Waals surface area contributed by atoms with Crippen LogP contribution >= 0.6 is 27.3 Å². The molecule has 1 heterocycles. The monoisotopic (exact) mass is 250 g/mol. The molecule has 1 atom stereocenters. The summed E-state index contributed by atoms with van der Waals surface area (Å²) >= 11 is 4.68. The molecule has 0 bridgehead atoms. The molecule has 0 spiro atoms. The molecule has 5 heteroatoms. The van der Waals surface area contributed by atoms with Crippen molar-refractivity contribution in [2.45, 2.75) is 12.5 Å². The van der Waals surface area contributed by atoms with Crippen molar-refractivity contribution in [3.63, 3.8) is 0 Å². The highest BCUT2D eigenvalue weighted by molar-refractivity contribution is 9.10. The van der Waals surface area contributed by atoms with Gasteiger partial charge in [-0.1, -0.05) is 0 Å². The van der Waals surface area contributed by atoms with Crippen LogP contribution in [0.2, 0.25) is 0 Å². The zero-order valence-electron chi connectivity index (χ0n) is 6.03. The summed E-state index contributed by atoms with van der Waals surface area (Å²) in [4.78, 5) is 11.1. The average Bonchev–Trinajstić information content (AvgIpc) is 2.36. The zero-order valence-corrected chi connectivity index (χ0v) is 8.43. The van der Waals surface area contributed by atoms with E-state index in [4.69, 9.17) is 10.2 Å². The van der Waals surface area contributed by atoms with E-state index in [9.17, 15) is 4.79 Å². The topological polar surface area (TPSA) is 57.5 Å². The lowest BCUT2D eigenvalue weighted by Gasteiger charge is -2.02. The molecule has 0 saturated carbocycles. The summed E-state index contributed by atoms with van der Waals surface area (Å²) in [5.41, 5.74) is 0. The normalized spacial score (nSPS) is 12.8. The molecule has 0 saturated heterocycles. The lowest BCUT2D eigenvalue weighted by atomic mass is 10.2. The summed E-state index contributed by atoms with van der Waals surface area (Å²) in [6, 6.07) is 1.83. The molecule has 0 aliphatic carbocycles. The first-order chi connectivity index (χ1) is 5.61. The fraction of sp³-hybridized carbons (Fsp3) is 0.286. The zero-order chi connectivity index (χ0) is 9.14. The van der Waals surface area contributed by atoms with Crippen molar-refractivity contribution >= 4 is 33.2 Å². The Morgan fingerprint density at radius 2 is 2.42 bits per heavy atom. The summed E-state index contributed by atoms with van der Waals surface area (Å²) in [6.45, 7) is 0. The molecule has 0 aliphatic heterocycles. The van der Waals surface area contributed by atoms with Crippen LogP contribution in [0.4, 0.5) is 0 Å². The van der Waals surface area contributed by atoms with Gasteiger partial charge in [0.2, 0.25) is 0 Å². The molecule has 0 aromatic carbocycles. The van der Waals surface area contributed by atoms with Crippen molar-refractivity contribution < 1.29 is 15.0 Å². The highest BCUT2D eigenvalue weighted by Gasteiger charge is 2.15. The SMILES string of the molecule is O=C(O)[C@@H](O)Cc1sccc1Br. The molecule has 0 unspecified atom stereocenters. The van der Waals surface area contributed by atoms with Crippen LogP contribution in [0.25, 0.3) is 0 Å². The molecular formula is C7H7BrO3S. The van der Waals surface area contributed by atoms with Crippen molar-refractivity contribution in [1.82, 2.24) is 0 Å². The van der Waals surface area contributed by atoms with E-state index < -0.39 is 12.1 Å². The van der Waals surface area contributed by atoms with Gasteiger partial charge in [0.25, 0.3) is 0 Å². The first kappa shape index (κ1) is 9.70. The van der Waals surface area contributed by atoms with Gasteiger partial charge < -0.3 is 10.2 Å². The van der Waals surface area contributed by atoms with Crippen molar-refractivity contribution in [3.05, 3.63) is 20.8 Å². The molecule has 2 N–H and O–H groups in total. The minimum Gasteiger partial charge on any atom is -0.479 e. The Hall–Kier alpha value is -0.390. The number of halogens is 1. The average molecular weight is 251 g/mol. The first-order valence-corrected chi connectivity index (χ1v) is 4.91. The number of aliphatic hydroxyl groups excluding tert-OH is 1. The van der Waals surface area contributed by atoms with E-state index in [0.717, 1.165) is 9.35 Å². The summed E-state index contributed by atoms with van der Waals surface area (Å²) in [7, 11) is 0. The third kappa shape index (κ3) is 2.30. The van der Waals surface area contributed by atoms with Crippen LogP contribution in [0.1, 0.15) is 4.88 Å². The third-order valence-corrected chi connectivity index (χ3v) is 3.30. The second-order valence-corrected chi connectivity index (χ2v) is 4.10. The summed E-state index contributed by atoms with van der Waals surface area (Å²) < 4.78 is 0.854. The molecule has 0 aliphatic rings. The van der Waals surface area contributed by atoms with Crippen LogP contribution in [0.15, 0.2) is 15.9 Å². The minimum atomic E-state index is -1.31. The van der Waals surface area contributed by atoms with Gasteiger partial charge in [-0.2, -0.15) is 0 Å². The van der Waals surface area contributed by atoms with E-state index in [0.29, 0.717) is 0 Å². The van der Waals surface area contributed by atoms with Crippen molar-refractivity contribution in [2.75, 3.05) is 0 Å². The van der Waals surface area contributed by atoms with Crippen molar-refractivity contribution in [2.24, 2.45) is 0 Å². The second-order valence-electron chi connectivity index (χ2n) is 2.25. The van der Waals surface area contributed by atoms with Crippen LogP contribution in [0.3, 0.4) is 0 Å². The van der Waals surface area contributed by atoms with Crippen LogP contribution < -0.4 is 0 Å². The molecule has 1 aromatic rings. The Balaban J connectivity index is 2.64. The molecule has 0 fully saturated rings. The van der Waals surface area contributed by atoms with E-state index in [-0.39, 0.29) is 6.42 Å². The van der Waals surface area contributed by atoms with Crippen LogP contribution in [0, 0.1) is 0 Å². The van der Waals surface area contributed by atoms with Crippen LogP contribution in [0.5, 0.6) is 0 Å². The number of aliphatic carboxylic acids is 1. The lowest BCUT2D eigenvalue weighted by Crippen LogP contribution is -2.21. The minimum absolute atomic E-state index is 0.160. The molecule has 12 heavy (non-hydrogen) atoms. The van der Waals surface area contributed by atoms with Gasteiger partial charge in [0.05, 0.1) is 0 Å². The Bertz CT molecular complexity index is 284. The fourth-order valence-electron chi connectivity index (χ4n) is 0.734. The number of rotatable bonds is 3. The predicted molar refractivity (Wildman–Crippen MR) is 49.4 cm³/mol. The van der Waals surface area contributed by atoms with Crippen molar-refractivity contribution in [1.29, 1.82) is 0 Å². The lowest BCUT2D eigenvalue weighted by molar-refractivity contribution is -0.146. The number of carboxylic acids is 1. The number of carboxylic acid groups (broad SMARTS) is 1. The Kier molecular flexibility index (Phi) is 3.25. The second kappa shape index (κ2) is 4.02. The summed E-state index contributed by atoms with van der Waals surface area (Å²) in [5, 5.41) is 19.3. The van der Waals surface area contributed by atoms with E-state index in [1.165, 1.54) is 11.3 Å². The largest absolute Gasteiger partial charge is 0.479 e. The molecule has 1 aromatic heterocycles. The maximum Gasteiger partial charge on any atom is 0.332 e. The third-order valence-electron chi connectivity index (χ3n) is 1.35. The van der Waals surface area contributed by atoms with E-state index in [1.807, 2.05) is 11.4 Å². The molecule has 3 nitrogen and oxygen atoms in total. The summed E-state index contributed by atoms with van der Waals surface area (Å²) in [6.07, 6.45) is -1.15. The van der Waals surface area contributed by atoms with Crippen molar-refractivity contribution in [3.8, 4) is 0 Å². The number of hydrogen-bond acceptors (Lipinski definition) is 3. The maximum atomic E-state index is 10.3. The predicted octanol–water partition coefficient (Wildman–Crippen LogP) is 1.50. The summed E-state index contributed by atoms with van der Waals surface area (Å²) in [5.74, 6) is -1.18. The van der Waals surface area contributed by atoms with Crippen LogP contribution in [-0.2, 0) is 11.2 Å². The van der Waals surface area contributed by atoms with Gasteiger partial charge in [-0.3, -0.25) is 0 Å². The highest BCUT2D eigenvalue weighted by Crippen LogP contribution is 2.23. The Labute approximate surface area is 81.8 Å². The number of thiophene rings is 1. The first-order valence-electron chi connectivity index (χ1n) is 3.24. The van der Waals surface area contributed by atoms with Gasteiger partial charge in [-0.15, -0.1) is 11.3 Å². The van der Waals surface area contributed by atoms with Gasteiger partial charge in [-0.05, 0) is 27.4 Å². The van der Waals surface area contributed by atoms with Gasteiger partial charge in [0.1, 0.15) is 0 Å². The molecular weight excluding hydrogens is 244 g/mol. The van der Waals surface area contributed by atoms with Gasteiger partial charge in [0.15, 0.2) is 6.10 Å². The maximum absolute atomic E-state index is 10.3. The Morgan fingerprint density at radius 3 is 2.83 bits per heavy atom. The van der Waals surface area contributed by atoms with E-state index in [1.54, 1.807) is 0 Å². The molecule has 1 rings (SSSR count). The highest BCUT2D eigenvalue weighted by atomic mass is 79.9. The fourth-order valence-corrected chi connectivity index (χ4v) is 2.29. The number of carbonyl (C=O) groups is 1. The molecule has 0 radical (unpaired) electrons. The quantitative estimate of drug-likeness (QED) is 0.855. The smallest absolute Gasteiger partial charge is 0.332 e. The van der Waals surface area contributed by atoms with Gasteiger partial charge in [-0.25, -0.2) is 4.79 Å². The van der Waals surface area contributed by atoms with E-state index in [2.05, 4.69) is 15.9 Å². The standard InChI is InChI=1S/C7H7BrO3S/c8-4-1-2-12-6(4)3-5(9)7(10)11/h1-2,5,9H,3H2,(H,10,11)/t5-/m0/s1. The number of hydrogen-bond donors (Lipinski definition) is 2. The molecule has 66 valence electrons. The number of aliphatic hydroxyl groups is 1. The van der Waals surface area contributed by atoms with E-state index >= 15 is 0 Å². The van der Waals surface area contributed by atoms with Gasteiger partial charge >= 0.3 is 5.97 Å².